The zero-order valence-electron chi connectivity index (χ0n) is 18.2. The van der Waals surface area contributed by atoms with Gasteiger partial charge in [0, 0.05) is 10.7 Å². The van der Waals surface area contributed by atoms with Crippen LogP contribution < -0.4 is 10.0 Å². The summed E-state index contributed by atoms with van der Waals surface area (Å²) in [6, 6.07) is 15.9. The van der Waals surface area contributed by atoms with Crippen molar-refractivity contribution in [3.05, 3.63) is 81.9 Å². The number of halogens is 1. The van der Waals surface area contributed by atoms with Crippen LogP contribution in [-0.2, 0) is 10.0 Å². The Bertz CT molecular complexity index is 1450. The topological polar surface area (TPSA) is 84.0 Å². The zero-order valence-corrected chi connectivity index (χ0v) is 19.8. The van der Waals surface area contributed by atoms with Crippen molar-refractivity contribution in [2.75, 3.05) is 10.0 Å². The van der Waals surface area contributed by atoms with Gasteiger partial charge in [-0.2, -0.15) is 0 Å². The fourth-order valence-corrected chi connectivity index (χ4v) is 4.60. The van der Waals surface area contributed by atoms with Crippen molar-refractivity contribution in [1.82, 2.24) is 9.97 Å². The summed E-state index contributed by atoms with van der Waals surface area (Å²) < 4.78 is 28.7. The van der Waals surface area contributed by atoms with Gasteiger partial charge in [0.25, 0.3) is 10.0 Å². The predicted molar refractivity (Wildman–Crippen MR) is 130 cm³/mol. The van der Waals surface area contributed by atoms with Crippen molar-refractivity contribution in [3.63, 3.8) is 0 Å². The van der Waals surface area contributed by atoms with E-state index in [1.165, 1.54) is 12.1 Å². The average molecular weight is 467 g/mol. The number of fused-ring (bicyclic) bond motifs is 1. The number of hydrogen-bond acceptors (Lipinski definition) is 5. The fraction of sp³-hybridized carbons (Fsp3) is 0.167. The van der Waals surface area contributed by atoms with Crippen molar-refractivity contribution < 1.29 is 8.42 Å². The van der Waals surface area contributed by atoms with Crippen LogP contribution in [0.5, 0.6) is 0 Å². The molecule has 0 aliphatic rings. The van der Waals surface area contributed by atoms with Crippen LogP contribution in [0.25, 0.3) is 11.0 Å². The second-order valence-electron chi connectivity index (χ2n) is 7.85. The Kier molecular flexibility index (Phi) is 5.79. The molecular weight excluding hydrogens is 444 g/mol. The highest BCUT2D eigenvalue weighted by Gasteiger charge is 2.20. The largest absolute Gasteiger partial charge is 0.337 e. The molecule has 0 aliphatic heterocycles. The van der Waals surface area contributed by atoms with E-state index in [0.29, 0.717) is 21.9 Å². The van der Waals surface area contributed by atoms with Crippen LogP contribution in [0.15, 0.2) is 59.5 Å². The van der Waals surface area contributed by atoms with E-state index >= 15 is 0 Å². The lowest BCUT2D eigenvalue weighted by Gasteiger charge is -2.16. The molecule has 1 heterocycles. The summed E-state index contributed by atoms with van der Waals surface area (Å²) in [5.74, 6) is 0.432. The molecule has 2 N–H and O–H groups in total. The third-order valence-electron chi connectivity index (χ3n) is 5.26. The molecule has 3 aromatic carbocycles. The van der Waals surface area contributed by atoms with Gasteiger partial charge >= 0.3 is 0 Å². The molecule has 0 saturated carbocycles. The molecule has 0 fully saturated rings. The molecule has 1 aromatic heterocycles. The summed E-state index contributed by atoms with van der Waals surface area (Å²) >= 11 is 6.00. The highest BCUT2D eigenvalue weighted by Crippen LogP contribution is 2.30. The van der Waals surface area contributed by atoms with E-state index in [1.54, 1.807) is 12.1 Å². The number of sulfonamides is 1. The Hall–Kier alpha value is -3.16. The summed E-state index contributed by atoms with van der Waals surface area (Å²) in [5.41, 5.74) is 6.30. The summed E-state index contributed by atoms with van der Waals surface area (Å²) in [4.78, 5) is 9.37. The second kappa shape index (κ2) is 8.41. The number of aromatic nitrogens is 2. The number of nitrogens with zero attached hydrogens (tertiary/aromatic N) is 2. The zero-order chi connectivity index (χ0) is 23.0. The highest BCUT2D eigenvalue weighted by molar-refractivity contribution is 7.92. The number of rotatable bonds is 5. The molecule has 8 heteroatoms. The second-order valence-corrected chi connectivity index (χ2v) is 9.97. The highest BCUT2D eigenvalue weighted by atomic mass is 35.5. The van der Waals surface area contributed by atoms with Crippen LogP contribution in [0.1, 0.15) is 22.3 Å². The van der Waals surface area contributed by atoms with Gasteiger partial charge in [-0.25, -0.2) is 18.4 Å². The summed E-state index contributed by atoms with van der Waals surface area (Å²) in [6.45, 7) is 7.95. The molecule has 32 heavy (non-hydrogen) atoms. The first-order valence-electron chi connectivity index (χ1n) is 10.0. The molecule has 0 bridgehead atoms. The lowest BCUT2D eigenvalue weighted by molar-refractivity contribution is 0.601. The van der Waals surface area contributed by atoms with Gasteiger partial charge in [-0.15, -0.1) is 0 Å². The van der Waals surface area contributed by atoms with Gasteiger partial charge in [-0.05, 0) is 86.3 Å². The van der Waals surface area contributed by atoms with Gasteiger partial charge in [0.2, 0.25) is 0 Å². The molecule has 4 rings (SSSR count). The van der Waals surface area contributed by atoms with Crippen molar-refractivity contribution in [1.29, 1.82) is 0 Å². The predicted octanol–water partition coefficient (Wildman–Crippen LogP) is 6.06. The number of anilines is 3. The molecule has 0 spiro atoms. The Morgan fingerprint density at radius 3 is 2.09 bits per heavy atom. The molecule has 0 unspecified atom stereocenters. The maximum Gasteiger partial charge on any atom is 0.263 e. The van der Waals surface area contributed by atoms with Gasteiger partial charge in [0.1, 0.15) is 0 Å². The summed E-state index contributed by atoms with van der Waals surface area (Å²) in [6.07, 6.45) is 0. The SMILES string of the molecule is Cc1ccc(C)c(Nc2nc3cc(C)c(C)cc3nc2NS(=O)(=O)c2cccc(Cl)c2)c1. The van der Waals surface area contributed by atoms with Crippen molar-refractivity contribution >= 4 is 50.0 Å². The van der Waals surface area contributed by atoms with Gasteiger partial charge in [-0.1, -0.05) is 29.8 Å². The van der Waals surface area contributed by atoms with Gasteiger partial charge in [-0.3, -0.25) is 4.72 Å². The van der Waals surface area contributed by atoms with E-state index in [2.05, 4.69) is 15.0 Å². The Balaban J connectivity index is 1.86. The standard InChI is InChI=1S/C24H23ClN4O2S/c1-14-8-9-15(2)20(10-14)26-23-24(28-22-12-17(4)16(3)11-21(22)27-23)29-32(30,31)19-7-5-6-18(25)13-19/h5-13H,1-4H3,(H,26,27)(H,28,29). The molecule has 6 nitrogen and oxygen atoms in total. The summed E-state index contributed by atoms with van der Waals surface area (Å²) in [5, 5.41) is 3.60. The molecular formula is C24H23ClN4O2S. The van der Waals surface area contributed by atoms with Gasteiger partial charge < -0.3 is 5.32 Å². The van der Waals surface area contributed by atoms with E-state index in [1.807, 2.05) is 58.0 Å². The lowest BCUT2D eigenvalue weighted by Crippen LogP contribution is -2.16. The van der Waals surface area contributed by atoms with E-state index in [-0.39, 0.29) is 10.7 Å². The van der Waals surface area contributed by atoms with E-state index in [4.69, 9.17) is 16.6 Å². The van der Waals surface area contributed by atoms with Crippen LogP contribution in [0.4, 0.5) is 17.3 Å². The minimum atomic E-state index is -3.93. The Morgan fingerprint density at radius 2 is 1.44 bits per heavy atom. The first-order chi connectivity index (χ1) is 15.1. The van der Waals surface area contributed by atoms with Crippen molar-refractivity contribution in [2.24, 2.45) is 0 Å². The summed E-state index contributed by atoms with van der Waals surface area (Å²) in [7, 11) is -3.93. The van der Waals surface area contributed by atoms with Gasteiger partial charge in [0.05, 0.1) is 15.9 Å². The molecule has 0 aliphatic carbocycles. The van der Waals surface area contributed by atoms with Crippen LogP contribution in [0.2, 0.25) is 5.02 Å². The van der Waals surface area contributed by atoms with Crippen molar-refractivity contribution in [3.8, 4) is 0 Å². The minimum absolute atomic E-state index is 0.0460. The maximum atomic E-state index is 13.1. The smallest absolute Gasteiger partial charge is 0.263 e. The number of hydrogen-bond donors (Lipinski definition) is 2. The normalized spacial score (nSPS) is 11.5. The number of benzene rings is 3. The molecule has 0 atom stereocenters. The molecule has 0 amide bonds. The third-order valence-corrected chi connectivity index (χ3v) is 6.83. The third kappa shape index (κ3) is 4.54. The first-order valence-corrected chi connectivity index (χ1v) is 11.9. The average Bonchev–Trinajstić information content (AvgIpc) is 2.72. The van der Waals surface area contributed by atoms with E-state index < -0.39 is 10.0 Å². The Labute approximate surface area is 192 Å². The molecule has 4 aromatic rings. The number of aryl methyl sites for hydroxylation is 4. The fourth-order valence-electron chi connectivity index (χ4n) is 3.29. The van der Waals surface area contributed by atoms with Crippen LogP contribution in [0.3, 0.4) is 0 Å². The minimum Gasteiger partial charge on any atom is -0.337 e. The molecule has 0 saturated heterocycles. The van der Waals surface area contributed by atoms with E-state index in [9.17, 15) is 8.42 Å². The maximum absolute atomic E-state index is 13.1. The van der Waals surface area contributed by atoms with Crippen molar-refractivity contribution in [2.45, 2.75) is 32.6 Å². The lowest BCUT2D eigenvalue weighted by atomic mass is 10.1. The number of nitrogens with one attached hydrogen (secondary N) is 2. The monoisotopic (exact) mass is 466 g/mol. The van der Waals surface area contributed by atoms with E-state index in [0.717, 1.165) is 27.9 Å². The molecule has 164 valence electrons. The Morgan fingerprint density at radius 1 is 0.781 bits per heavy atom. The quantitative estimate of drug-likeness (QED) is 0.373. The van der Waals surface area contributed by atoms with Crippen LogP contribution >= 0.6 is 11.6 Å². The first kappa shape index (κ1) is 22.0. The molecule has 0 radical (unpaired) electrons. The van der Waals surface area contributed by atoms with Crippen LogP contribution in [-0.4, -0.2) is 18.4 Å². The van der Waals surface area contributed by atoms with Gasteiger partial charge in [0.15, 0.2) is 11.6 Å². The van der Waals surface area contributed by atoms with Crippen LogP contribution in [0, 0.1) is 27.7 Å².